The van der Waals surface area contributed by atoms with Gasteiger partial charge in [0.25, 0.3) is 5.91 Å². The van der Waals surface area contributed by atoms with Crippen LogP contribution in [0.4, 0.5) is 0 Å². The summed E-state index contributed by atoms with van der Waals surface area (Å²) in [5.74, 6) is 0.907. The monoisotopic (exact) mass is 290 g/mol. The first kappa shape index (κ1) is 15.8. The van der Waals surface area contributed by atoms with Crippen molar-refractivity contribution in [1.29, 1.82) is 0 Å². The lowest BCUT2D eigenvalue weighted by Crippen LogP contribution is -2.50. The van der Waals surface area contributed by atoms with E-state index in [1.165, 1.54) is 5.56 Å². The second kappa shape index (κ2) is 6.48. The molecule has 1 amide bonds. The highest BCUT2D eigenvalue weighted by Gasteiger charge is 2.25. The first-order chi connectivity index (χ1) is 9.88. The van der Waals surface area contributed by atoms with Crippen molar-refractivity contribution >= 4 is 5.91 Å². The lowest BCUT2D eigenvalue weighted by molar-refractivity contribution is -0.139. The summed E-state index contributed by atoms with van der Waals surface area (Å²) >= 11 is 0. The van der Waals surface area contributed by atoms with E-state index in [1.54, 1.807) is 0 Å². The zero-order valence-corrected chi connectivity index (χ0v) is 13.8. The molecule has 4 nitrogen and oxygen atoms in total. The van der Waals surface area contributed by atoms with Crippen molar-refractivity contribution in [3.05, 3.63) is 28.8 Å². The number of nitrogens with zero attached hydrogens (tertiary/aromatic N) is 2. The third-order valence-corrected chi connectivity index (χ3v) is 4.23. The van der Waals surface area contributed by atoms with E-state index >= 15 is 0 Å². The molecule has 0 N–H and O–H groups in total. The highest BCUT2D eigenvalue weighted by atomic mass is 16.5. The van der Waals surface area contributed by atoms with Gasteiger partial charge in [-0.1, -0.05) is 6.07 Å². The van der Waals surface area contributed by atoms with Crippen molar-refractivity contribution < 1.29 is 9.53 Å². The number of piperazine rings is 1. The van der Waals surface area contributed by atoms with Gasteiger partial charge in [0.2, 0.25) is 0 Å². The molecule has 0 spiro atoms. The van der Waals surface area contributed by atoms with Gasteiger partial charge < -0.3 is 14.5 Å². The van der Waals surface area contributed by atoms with Gasteiger partial charge in [-0.3, -0.25) is 4.79 Å². The van der Waals surface area contributed by atoms with Crippen molar-refractivity contribution in [2.24, 2.45) is 0 Å². The summed E-state index contributed by atoms with van der Waals surface area (Å²) < 4.78 is 5.94. The summed E-state index contributed by atoms with van der Waals surface area (Å²) in [5.41, 5.74) is 3.47. The van der Waals surface area contributed by atoms with Gasteiger partial charge in [0.05, 0.1) is 0 Å². The maximum Gasteiger partial charge on any atom is 0.263 e. The number of likely N-dealkylation sites (N-methyl/N-ethyl adjacent to an activating group) is 1. The summed E-state index contributed by atoms with van der Waals surface area (Å²) in [7, 11) is 2.08. The molecule has 1 aromatic rings. The van der Waals surface area contributed by atoms with E-state index in [4.69, 9.17) is 4.74 Å². The smallest absolute Gasteiger partial charge is 0.263 e. The Morgan fingerprint density at radius 3 is 2.38 bits per heavy atom. The lowest BCUT2D eigenvalue weighted by atomic mass is 10.1. The van der Waals surface area contributed by atoms with E-state index in [9.17, 15) is 4.79 Å². The largest absolute Gasteiger partial charge is 0.481 e. The molecule has 1 aliphatic heterocycles. The van der Waals surface area contributed by atoms with Gasteiger partial charge in [-0.25, -0.2) is 0 Å². The Bertz CT molecular complexity index is 520. The Labute approximate surface area is 127 Å². The van der Waals surface area contributed by atoms with Crippen LogP contribution in [0.2, 0.25) is 0 Å². The Morgan fingerprint density at radius 2 is 1.76 bits per heavy atom. The van der Waals surface area contributed by atoms with Gasteiger partial charge in [0.15, 0.2) is 6.10 Å². The quantitative estimate of drug-likeness (QED) is 0.855. The van der Waals surface area contributed by atoms with E-state index in [1.807, 2.05) is 31.7 Å². The van der Waals surface area contributed by atoms with Crippen LogP contribution >= 0.6 is 0 Å². The summed E-state index contributed by atoms with van der Waals surface area (Å²) in [5, 5.41) is 0. The van der Waals surface area contributed by atoms with Gasteiger partial charge in [-0.05, 0) is 57.5 Å². The number of carbonyl (C=O) groups excluding carboxylic acids is 1. The third kappa shape index (κ3) is 3.76. The second-order valence-corrected chi connectivity index (χ2v) is 6.09. The first-order valence-electron chi connectivity index (χ1n) is 7.60. The second-order valence-electron chi connectivity index (χ2n) is 6.09. The molecular formula is C17H26N2O2. The molecule has 0 aromatic heterocycles. The van der Waals surface area contributed by atoms with Gasteiger partial charge >= 0.3 is 0 Å². The topological polar surface area (TPSA) is 32.8 Å². The van der Waals surface area contributed by atoms with Crippen molar-refractivity contribution in [3.8, 4) is 5.75 Å². The molecule has 1 atom stereocenters. The molecule has 21 heavy (non-hydrogen) atoms. The van der Waals surface area contributed by atoms with Crippen molar-refractivity contribution in [2.45, 2.75) is 33.8 Å². The van der Waals surface area contributed by atoms with E-state index in [2.05, 4.69) is 24.9 Å². The molecule has 4 heteroatoms. The van der Waals surface area contributed by atoms with Gasteiger partial charge in [-0.15, -0.1) is 0 Å². The number of amides is 1. The van der Waals surface area contributed by atoms with E-state index in [0.717, 1.165) is 43.1 Å². The van der Waals surface area contributed by atoms with Gasteiger partial charge in [0.1, 0.15) is 5.75 Å². The number of hydrogen-bond donors (Lipinski definition) is 0. The molecule has 0 unspecified atom stereocenters. The molecule has 116 valence electrons. The predicted molar refractivity (Wildman–Crippen MR) is 84.8 cm³/mol. The summed E-state index contributed by atoms with van der Waals surface area (Å²) in [6, 6.07) is 4.14. The molecular weight excluding hydrogens is 264 g/mol. The highest BCUT2D eigenvalue weighted by Crippen LogP contribution is 2.24. The van der Waals surface area contributed by atoms with Crippen LogP contribution < -0.4 is 4.74 Å². The summed E-state index contributed by atoms with van der Waals surface area (Å²) in [4.78, 5) is 16.6. The molecule has 0 radical (unpaired) electrons. The highest BCUT2D eigenvalue weighted by molar-refractivity contribution is 5.81. The Morgan fingerprint density at radius 1 is 1.14 bits per heavy atom. The minimum atomic E-state index is -0.437. The number of aryl methyl sites for hydroxylation is 2. The standard InChI is InChI=1S/C17H26N2O2/c1-12-10-13(2)14(3)16(11-12)21-15(4)17(20)19-8-6-18(5)7-9-19/h10-11,15H,6-9H2,1-5H3/t15-/m0/s1. The lowest BCUT2D eigenvalue weighted by Gasteiger charge is -2.34. The normalized spacial score (nSPS) is 17.7. The molecule has 1 aromatic carbocycles. The molecule has 2 rings (SSSR count). The fourth-order valence-corrected chi connectivity index (χ4v) is 2.65. The third-order valence-electron chi connectivity index (χ3n) is 4.23. The number of carbonyl (C=O) groups is 1. The summed E-state index contributed by atoms with van der Waals surface area (Å²) in [6.45, 7) is 11.4. The molecule has 0 saturated carbocycles. The molecule has 0 bridgehead atoms. The Hall–Kier alpha value is -1.55. The fourth-order valence-electron chi connectivity index (χ4n) is 2.65. The van der Waals surface area contributed by atoms with Crippen molar-refractivity contribution in [2.75, 3.05) is 33.2 Å². The van der Waals surface area contributed by atoms with Gasteiger partial charge in [-0.2, -0.15) is 0 Å². The van der Waals surface area contributed by atoms with E-state index in [-0.39, 0.29) is 5.91 Å². The maximum absolute atomic E-state index is 12.5. The van der Waals surface area contributed by atoms with Crippen LogP contribution in [0.15, 0.2) is 12.1 Å². The number of ether oxygens (including phenoxy) is 1. The van der Waals surface area contributed by atoms with Crippen molar-refractivity contribution in [1.82, 2.24) is 9.80 Å². The SMILES string of the molecule is Cc1cc(C)c(C)c(O[C@@H](C)C(=O)N2CCN(C)CC2)c1. The minimum Gasteiger partial charge on any atom is -0.481 e. The van der Waals surface area contributed by atoms with Crippen LogP contribution in [-0.2, 0) is 4.79 Å². The fraction of sp³-hybridized carbons (Fsp3) is 0.588. The molecule has 1 saturated heterocycles. The van der Waals surface area contributed by atoms with Crippen LogP contribution in [0, 0.1) is 20.8 Å². The Balaban J connectivity index is 2.04. The number of hydrogen-bond acceptors (Lipinski definition) is 3. The summed E-state index contributed by atoms with van der Waals surface area (Å²) in [6.07, 6.45) is -0.437. The number of rotatable bonds is 3. The van der Waals surface area contributed by atoms with E-state index in [0.29, 0.717) is 0 Å². The zero-order valence-electron chi connectivity index (χ0n) is 13.8. The zero-order chi connectivity index (χ0) is 15.6. The number of benzene rings is 1. The van der Waals surface area contributed by atoms with Crippen molar-refractivity contribution in [3.63, 3.8) is 0 Å². The molecule has 0 aliphatic carbocycles. The Kier molecular flexibility index (Phi) is 4.88. The van der Waals surface area contributed by atoms with E-state index < -0.39 is 6.10 Å². The maximum atomic E-state index is 12.5. The average Bonchev–Trinajstić information content (AvgIpc) is 2.44. The van der Waals surface area contributed by atoms with Crippen LogP contribution in [0.1, 0.15) is 23.6 Å². The molecule has 1 heterocycles. The van der Waals surface area contributed by atoms with Crippen LogP contribution in [-0.4, -0.2) is 55.0 Å². The minimum absolute atomic E-state index is 0.0849. The predicted octanol–water partition coefficient (Wildman–Crippen LogP) is 2.15. The molecule has 1 fully saturated rings. The van der Waals surface area contributed by atoms with Gasteiger partial charge in [0, 0.05) is 26.2 Å². The van der Waals surface area contributed by atoms with Crippen LogP contribution in [0.5, 0.6) is 5.75 Å². The van der Waals surface area contributed by atoms with Crippen LogP contribution in [0.25, 0.3) is 0 Å². The average molecular weight is 290 g/mol. The van der Waals surface area contributed by atoms with Crippen LogP contribution in [0.3, 0.4) is 0 Å². The molecule has 1 aliphatic rings. The first-order valence-corrected chi connectivity index (χ1v) is 7.60.